The summed E-state index contributed by atoms with van der Waals surface area (Å²) in [5.74, 6) is 0. The minimum absolute atomic E-state index is 0. The number of rotatable bonds is 3. The van der Waals surface area contributed by atoms with Gasteiger partial charge in [0.05, 0.1) is 6.61 Å². The quantitative estimate of drug-likeness (QED) is 0.425. The Morgan fingerprint density at radius 1 is 1.50 bits per heavy atom. The van der Waals surface area contributed by atoms with Crippen molar-refractivity contribution < 1.29 is 12.6 Å². The molecule has 0 N–H and O–H groups in total. The summed E-state index contributed by atoms with van der Waals surface area (Å²) < 4.78 is 23.3. The van der Waals surface area contributed by atoms with E-state index in [1.54, 1.807) is 0 Å². The molecule has 0 bridgehead atoms. The molecule has 46 valence electrons. The molecule has 5 heteroatoms. The Balaban J connectivity index is 0. The van der Waals surface area contributed by atoms with E-state index in [0.29, 0.717) is 6.61 Å². The van der Waals surface area contributed by atoms with Crippen LogP contribution in [0.25, 0.3) is 0 Å². The van der Waals surface area contributed by atoms with Crippen molar-refractivity contribution in [1.29, 1.82) is 0 Å². The van der Waals surface area contributed by atoms with E-state index in [2.05, 4.69) is 4.18 Å². The SMILES string of the molecule is CCCO[SH](=O)=O.[NaH]. The molecule has 0 aromatic rings. The van der Waals surface area contributed by atoms with Gasteiger partial charge in [0, 0.05) is 0 Å². The minimum atomic E-state index is -2.61. The predicted molar refractivity (Wildman–Crippen MR) is 33.7 cm³/mol. The van der Waals surface area contributed by atoms with E-state index in [4.69, 9.17) is 0 Å². The Kier molecular flexibility index (Phi) is 11.5. The molecule has 0 aliphatic rings. The van der Waals surface area contributed by atoms with Crippen LogP contribution < -0.4 is 0 Å². The summed E-state index contributed by atoms with van der Waals surface area (Å²) in [6, 6.07) is 0. The van der Waals surface area contributed by atoms with Crippen LogP contribution in [0.5, 0.6) is 0 Å². The fraction of sp³-hybridized carbons (Fsp3) is 1.00. The fourth-order valence-corrected chi connectivity index (χ4v) is 0.497. The normalized spacial score (nSPS) is 8.75. The molecule has 0 aliphatic heterocycles. The summed E-state index contributed by atoms with van der Waals surface area (Å²) in [4.78, 5) is 0. The van der Waals surface area contributed by atoms with Gasteiger partial charge in [0.25, 0.3) is 11.0 Å². The molecule has 0 aromatic carbocycles. The summed E-state index contributed by atoms with van der Waals surface area (Å²) in [5.41, 5.74) is 0. The van der Waals surface area contributed by atoms with Gasteiger partial charge in [0.15, 0.2) is 0 Å². The van der Waals surface area contributed by atoms with Gasteiger partial charge in [-0.3, -0.25) is 4.18 Å². The molecule has 8 heavy (non-hydrogen) atoms. The summed E-state index contributed by atoms with van der Waals surface area (Å²) in [6.07, 6.45) is 0.739. The molecule has 0 amide bonds. The summed E-state index contributed by atoms with van der Waals surface area (Å²) in [6.45, 7) is 2.15. The molecule has 0 unspecified atom stereocenters. The van der Waals surface area contributed by atoms with Crippen LogP contribution in [0, 0.1) is 0 Å². The second-order valence-corrected chi connectivity index (χ2v) is 1.76. The van der Waals surface area contributed by atoms with Gasteiger partial charge in [-0.25, -0.2) is 8.42 Å². The predicted octanol–water partition coefficient (Wildman–Crippen LogP) is -0.709. The van der Waals surface area contributed by atoms with Gasteiger partial charge in [-0.2, -0.15) is 0 Å². The summed E-state index contributed by atoms with van der Waals surface area (Å²) >= 11 is 0. The first kappa shape index (κ1) is 11.7. The third kappa shape index (κ3) is 10.0. The van der Waals surface area contributed by atoms with E-state index >= 15 is 0 Å². The molecule has 0 radical (unpaired) electrons. The van der Waals surface area contributed by atoms with Crippen LogP contribution in [0.4, 0.5) is 0 Å². The molecule has 0 fully saturated rings. The van der Waals surface area contributed by atoms with Crippen LogP contribution in [-0.4, -0.2) is 44.6 Å². The third-order valence-corrected chi connectivity index (χ3v) is 0.794. The van der Waals surface area contributed by atoms with E-state index in [-0.39, 0.29) is 29.6 Å². The second-order valence-electron chi connectivity index (χ2n) is 1.06. The van der Waals surface area contributed by atoms with Crippen molar-refractivity contribution >= 4 is 40.5 Å². The maximum absolute atomic E-state index is 9.57. The number of thiol groups is 1. The molecule has 0 heterocycles. The standard InChI is InChI=1S/C3H8O3S.Na.H/c1-2-3-6-7(4)5;;/h7H,2-3H2,1H3;;. The van der Waals surface area contributed by atoms with Crippen LogP contribution in [0.1, 0.15) is 13.3 Å². The van der Waals surface area contributed by atoms with Crippen LogP contribution >= 0.6 is 0 Å². The van der Waals surface area contributed by atoms with E-state index < -0.39 is 11.0 Å². The van der Waals surface area contributed by atoms with Crippen molar-refractivity contribution in [3.63, 3.8) is 0 Å². The monoisotopic (exact) mass is 148 g/mol. The Bertz CT molecular complexity index is 92.7. The van der Waals surface area contributed by atoms with Crippen molar-refractivity contribution in [3.8, 4) is 0 Å². The van der Waals surface area contributed by atoms with Gasteiger partial charge in [-0.1, -0.05) is 6.92 Å². The molecule has 0 rings (SSSR count). The van der Waals surface area contributed by atoms with E-state index in [9.17, 15) is 8.42 Å². The Morgan fingerprint density at radius 2 is 2.00 bits per heavy atom. The molecule has 0 aliphatic carbocycles. The van der Waals surface area contributed by atoms with E-state index in [1.165, 1.54) is 0 Å². The third-order valence-electron chi connectivity index (χ3n) is 0.401. The zero-order chi connectivity index (χ0) is 5.70. The fourth-order valence-electron chi connectivity index (χ4n) is 0.166. The van der Waals surface area contributed by atoms with Crippen LogP contribution in [0.2, 0.25) is 0 Å². The van der Waals surface area contributed by atoms with Crippen molar-refractivity contribution in [2.24, 2.45) is 0 Å². The van der Waals surface area contributed by atoms with Gasteiger partial charge in [0.1, 0.15) is 0 Å². The molecule has 0 saturated carbocycles. The Hall–Kier alpha value is 0.910. The molecular weight excluding hydrogens is 139 g/mol. The van der Waals surface area contributed by atoms with Gasteiger partial charge >= 0.3 is 29.6 Å². The Labute approximate surface area is 72.9 Å². The first-order valence-corrected chi connectivity index (χ1v) is 3.14. The molecule has 0 atom stereocenters. The van der Waals surface area contributed by atoms with Crippen molar-refractivity contribution in [2.45, 2.75) is 13.3 Å². The average Bonchev–Trinajstić information content (AvgIpc) is 1.61. The van der Waals surface area contributed by atoms with Crippen LogP contribution in [0.3, 0.4) is 0 Å². The van der Waals surface area contributed by atoms with Crippen molar-refractivity contribution in [2.75, 3.05) is 6.61 Å². The Morgan fingerprint density at radius 3 is 2.12 bits per heavy atom. The molecule has 0 saturated heterocycles. The molecule has 0 aromatic heterocycles. The van der Waals surface area contributed by atoms with Crippen LogP contribution in [0.15, 0.2) is 0 Å². The maximum atomic E-state index is 9.57. The van der Waals surface area contributed by atoms with Gasteiger partial charge < -0.3 is 0 Å². The van der Waals surface area contributed by atoms with E-state index in [0.717, 1.165) is 6.42 Å². The first-order valence-electron chi connectivity index (χ1n) is 2.04. The topological polar surface area (TPSA) is 43.4 Å². The zero-order valence-electron chi connectivity index (χ0n) is 4.09. The zero-order valence-corrected chi connectivity index (χ0v) is 4.98. The van der Waals surface area contributed by atoms with Crippen molar-refractivity contribution in [3.05, 3.63) is 0 Å². The first-order chi connectivity index (χ1) is 3.27. The summed E-state index contributed by atoms with van der Waals surface area (Å²) in [5, 5.41) is 0. The van der Waals surface area contributed by atoms with Gasteiger partial charge in [-0.15, -0.1) is 0 Å². The molecule has 0 spiro atoms. The molecular formula is C3H9NaO3S. The second kappa shape index (κ2) is 7.91. The van der Waals surface area contributed by atoms with Crippen LogP contribution in [-0.2, 0) is 15.2 Å². The van der Waals surface area contributed by atoms with Gasteiger partial charge in [0.2, 0.25) is 0 Å². The van der Waals surface area contributed by atoms with E-state index in [1.807, 2.05) is 6.92 Å². The number of hydrogen-bond acceptors (Lipinski definition) is 3. The molecule has 3 nitrogen and oxygen atoms in total. The van der Waals surface area contributed by atoms with Gasteiger partial charge in [-0.05, 0) is 6.42 Å². The summed E-state index contributed by atoms with van der Waals surface area (Å²) in [7, 11) is -2.61. The average molecular weight is 148 g/mol. The number of hydrogen-bond donors (Lipinski definition) is 1. The van der Waals surface area contributed by atoms with Crippen molar-refractivity contribution in [1.82, 2.24) is 0 Å².